The second-order valence-corrected chi connectivity index (χ2v) is 5.16. The first-order valence-electron chi connectivity index (χ1n) is 6.98. The van der Waals surface area contributed by atoms with Gasteiger partial charge in [-0.2, -0.15) is 0 Å². The molecular formula is C15H24N2O2. The summed E-state index contributed by atoms with van der Waals surface area (Å²) in [7, 11) is 3.31. The van der Waals surface area contributed by atoms with Gasteiger partial charge in [-0.25, -0.2) is 0 Å². The number of methoxy groups -OCH3 is 2. The quantitative estimate of drug-likeness (QED) is 0.634. The fraction of sp³-hybridized carbons (Fsp3) is 0.600. The van der Waals surface area contributed by atoms with Crippen molar-refractivity contribution >= 4 is 0 Å². The summed E-state index contributed by atoms with van der Waals surface area (Å²) in [5, 5.41) is 0. The van der Waals surface area contributed by atoms with Crippen molar-refractivity contribution < 1.29 is 9.47 Å². The largest absolute Gasteiger partial charge is 0.493 e. The van der Waals surface area contributed by atoms with Gasteiger partial charge < -0.3 is 9.47 Å². The van der Waals surface area contributed by atoms with Crippen molar-refractivity contribution in [1.82, 2.24) is 5.43 Å². The molecule has 1 aliphatic carbocycles. The molecule has 0 aliphatic heterocycles. The molecular weight excluding hydrogens is 240 g/mol. The van der Waals surface area contributed by atoms with Crippen LogP contribution in [0.2, 0.25) is 0 Å². The van der Waals surface area contributed by atoms with Crippen LogP contribution in [0.1, 0.15) is 43.7 Å². The topological polar surface area (TPSA) is 56.5 Å². The van der Waals surface area contributed by atoms with Gasteiger partial charge in [0.05, 0.1) is 14.2 Å². The van der Waals surface area contributed by atoms with Crippen molar-refractivity contribution in [3.8, 4) is 11.5 Å². The number of nitrogens with one attached hydrogen (secondary N) is 1. The van der Waals surface area contributed by atoms with Crippen molar-refractivity contribution in [2.75, 3.05) is 14.2 Å². The summed E-state index contributed by atoms with van der Waals surface area (Å²) < 4.78 is 10.6. The predicted octanol–water partition coefficient (Wildman–Crippen LogP) is 2.79. The molecule has 2 rings (SSSR count). The highest BCUT2D eigenvalue weighted by molar-refractivity contribution is 5.43. The summed E-state index contributed by atoms with van der Waals surface area (Å²) >= 11 is 0. The van der Waals surface area contributed by atoms with Gasteiger partial charge in [-0.3, -0.25) is 11.3 Å². The van der Waals surface area contributed by atoms with Gasteiger partial charge in [0, 0.05) is 6.04 Å². The smallest absolute Gasteiger partial charge is 0.161 e. The molecule has 0 radical (unpaired) electrons. The van der Waals surface area contributed by atoms with Gasteiger partial charge in [0.25, 0.3) is 0 Å². The minimum Gasteiger partial charge on any atom is -0.493 e. The van der Waals surface area contributed by atoms with E-state index in [2.05, 4.69) is 11.5 Å². The number of hydrogen-bond acceptors (Lipinski definition) is 4. The van der Waals surface area contributed by atoms with E-state index in [9.17, 15) is 0 Å². The molecule has 1 atom stereocenters. The van der Waals surface area contributed by atoms with Gasteiger partial charge in [-0.1, -0.05) is 25.3 Å². The lowest BCUT2D eigenvalue weighted by Crippen LogP contribution is -2.34. The second-order valence-electron chi connectivity index (χ2n) is 5.16. The molecule has 0 heterocycles. The lowest BCUT2D eigenvalue weighted by Gasteiger charge is -2.30. The zero-order valence-electron chi connectivity index (χ0n) is 11.8. The molecule has 1 aromatic rings. The minimum atomic E-state index is 0.195. The molecule has 1 aliphatic rings. The zero-order chi connectivity index (χ0) is 13.7. The second kappa shape index (κ2) is 6.78. The fourth-order valence-electron chi connectivity index (χ4n) is 3.02. The maximum atomic E-state index is 5.78. The molecule has 106 valence electrons. The minimum absolute atomic E-state index is 0.195. The molecule has 3 N–H and O–H groups in total. The molecule has 0 aromatic heterocycles. The molecule has 0 saturated heterocycles. The highest BCUT2D eigenvalue weighted by Gasteiger charge is 2.24. The first kappa shape index (κ1) is 14.2. The summed E-state index contributed by atoms with van der Waals surface area (Å²) in [5.74, 6) is 7.90. The summed E-state index contributed by atoms with van der Waals surface area (Å²) in [5.41, 5.74) is 4.15. The van der Waals surface area contributed by atoms with Crippen LogP contribution in [-0.4, -0.2) is 14.2 Å². The molecule has 0 amide bonds. The van der Waals surface area contributed by atoms with E-state index in [-0.39, 0.29) is 6.04 Å². The van der Waals surface area contributed by atoms with Gasteiger partial charge in [0.1, 0.15) is 0 Å². The van der Waals surface area contributed by atoms with Crippen LogP contribution in [0, 0.1) is 5.92 Å². The van der Waals surface area contributed by atoms with Crippen molar-refractivity contribution in [2.45, 2.75) is 38.1 Å². The zero-order valence-corrected chi connectivity index (χ0v) is 11.8. The molecule has 4 nitrogen and oxygen atoms in total. The molecule has 19 heavy (non-hydrogen) atoms. The molecule has 0 bridgehead atoms. The van der Waals surface area contributed by atoms with E-state index in [1.165, 1.54) is 37.7 Å². The third-order valence-electron chi connectivity index (χ3n) is 4.07. The van der Waals surface area contributed by atoms with Gasteiger partial charge >= 0.3 is 0 Å². The Kier molecular flexibility index (Phi) is 5.05. The lowest BCUT2D eigenvalue weighted by atomic mass is 9.81. The first-order chi connectivity index (χ1) is 9.30. The Morgan fingerprint density at radius 3 is 2.37 bits per heavy atom. The Bertz CT molecular complexity index is 403. The number of rotatable bonds is 5. The maximum Gasteiger partial charge on any atom is 0.161 e. The van der Waals surface area contributed by atoms with Gasteiger partial charge in [0.15, 0.2) is 11.5 Å². The Morgan fingerprint density at radius 2 is 1.79 bits per heavy atom. The molecule has 1 fully saturated rings. The van der Waals surface area contributed by atoms with E-state index < -0.39 is 0 Å². The Morgan fingerprint density at radius 1 is 1.11 bits per heavy atom. The van der Waals surface area contributed by atoms with Crippen molar-refractivity contribution in [3.05, 3.63) is 23.8 Å². The van der Waals surface area contributed by atoms with Crippen LogP contribution in [0.4, 0.5) is 0 Å². The van der Waals surface area contributed by atoms with E-state index in [4.69, 9.17) is 15.3 Å². The van der Waals surface area contributed by atoms with E-state index in [1.807, 2.05) is 12.1 Å². The Hall–Kier alpha value is -1.26. The number of ether oxygens (including phenoxy) is 2. The number of hydrogen-bond donors (Lipinski definition) is 2. The van der Waals surface area contributed by atoms with Crippen LogP contribution in [0.15, 0.2) is 18.2 Å². The molecule has 1 saturated carbocycles. The maximum absolute atomic E-state index is 5.78. The predicted molar refractivity (Wildman–Crippen MR) is 76.2 cm³/mol. The van der Waals surface area contributed by atoms with Gasteiger partial charge in [-0.15, -0.1) is 0 Å². The van der Waals surface area contributed by atoms with E-state index in [1.54, 1.807) is 14.2 Å². The highest BCUT2D eigenvalue weighted by atomic mass is 16.5. The van der Waals surface area contributed by atoms with E-state index in [0.717, 1.165) is 11.5 Å². The van der Waals surface area contributed by atoms with Crippen LogP contribution in [-0.2, 0) is 0 Å². The van der Waals surface area contributed by atoms with Crippen LogP contribution < -0.4 is 20.7 Å². The fourth-order valence-corrected chi connectivity index (χ4v) is 3.02. The first-order valence-corrected chi connectivity index (χ1v) is 6.98. The van der Waals surface area contributed by atoms with E-state index >= 15 is 0 Å². The number of hydrazine groups is 1. The van der Waals surface area contributed by atoms with Crippen LogP contribution >= 0.6 is 0 Å². The number of benzene rings is 1. The average Bonchev–Trinajstić information content (AvgIpc) is 2.49. The molecule has 1 unspecified atom stereocenters. The summed E-state index contributed by atoms with van der Waals surface area (Å²) in [4.78, 5) is 0. The summed E-state index contributed by atoms with van der Waals surface area (Å²) in [6.07, 6.45) is 6.43. The van der Waals surface area contributed by atoms with Crippen LogP contribution in [0.3, 0.4) is 0 Å². The summed E-state index contributed by atoms with van der Waals surface area (Å²) in [6, 6.07) is 6.24. The third-order valence-corrected chi connectivity index (χ3v) is 4.07. The van der Waals surface area contributed by atoms with Gasteiger partial charge in [0.2, 0.25) is 0 Å². The Labute approximate surface area is 115 Å². The van der Waals surface area contributed by atoms with Gasteiger partial charge in [-0.05, 0) is 36.5 Å². The van der Waals surface area contributed by atoms with E-state index in [0.29, 0.717) is 5.92 Å². The Balaban J connectivity index is 2.22. The molecule has 4 heteroatoms. The summed E-state index contributed by atoms with van der Waals surface area (Å²) in [6.45, 7) is 0. The van der Waals surface area contributed by atoms with Crippen molar-refractivity contribution in [2.24, 2.45) is 11.8 Å². The molecule has 1 aromatic carbocycles. The SMILES string of the molecule is COc1ccc(C(NN)C2CCCCC2)cc1OC. The highest BCUT2D eigenvalue weighted by Crippen LogP contribution is 2.37. The van der Waals surface area contributed by atoms with Crippen LogP contribution in [0.5, 0.6) is 11.5 Å². The van der Waals surface area contributed by atoms with Crippen molar-refractivity contribution in [3.63, 3.8) is 0 Å². The molecule has 0 spiro atoms. The van der Waals surface area contributed by atoms with Crippen molar-refractivity contribution in [1.29, 1.82) is 0 Å². The normalized spacial score (nSPS) is 18.1. The monoisotopic (exact) mass is 264 g/mol. The lowest BCUT2D eigenvalue weighted by molar-refractivity contribution is 0.272. The third kappa shape index (κ3) is 3.19. The standard InChI is InChI=1S/C15H24N2O2/c1-18-13-9-8-12(10-14(13)19-2)15(17-16)11-6-4-3-5-7-11/h8-11,15,17H,3-7,16H2,1-2H3. The van der Waals surface area contributed by atoms with Crippen LogP contribution in [0.25, 0.3) is 0 Å². The average molecular weight is 264 g/mol. The number of nitrogens with two attached hydrogens (primary N) is 1.